The first-order valence-corrected chi connectivity index (χ1v) is 11.0. The number of hydrogen-bond acceptors (Lipinski definition) is 5. The Kier molecular flexibility index (Phi) is 5.69. The van der Waals surface area contributed by atoms with Crippen LogP contribution < -0.4 is 10.5 Å². The minimum absolute atomic E-state index is 0.0162. The number of nitrogens with two attached hydrogens (primary N) is 1. The monoisotopic (exact) mass is 425 g/mol. The van der Waals surface area contributed by atoms with Crippen molar-refractivity contribution in [2.75, 3.05) is 7.11 Å². The van der Waals surface area contributed by atoms with Gasteiger partial charge in [-0.15, -0.1) is 0 Å². The van der Waals surface area contributed by atoms with Crippen LogP contribution in [0.3, 0.4) is 0 Å². The molecule has 0 spiro atoms. The van der Waals surface area contributed by atoms with Crippen molar-refractivity contribution in [1.82, 2.24) is 0 Å². The maximum atomic E-state index is 12.0. The lowest BCUT2D eigenvalue weighted by atomic mass is 9.48. The second-order valence-corrected chi connectivity index (χ2v) is 9.77. The molecule has 3 N–H and O–H groups in total. The van der Waals surface area contributed by atoms with Gasteiger partial charge in [0, 0.05) is 0 Å². The van der Waals surface area contributed by atoms with Crippen LogP contribution in [0.15, 0.2) is 29.3 Å². The fourth-order valence-corrected chi connectivity index (χ4v) is 6.14. The number of carboxylic acids is 1. The molecule has 3 unspecified atom stereocenters. The number of hydrogen-bond donors (Lipinski definition) is 2. The summed E-state index contributed by atoms with van der Waals surface area (Å²) in [6, 6.07) is 9.78. The van der Waals surface area contributed by atoms with Crippen molar-refractivity contribution in [3.8, 4) is 11.8 Å². The van der Waals surface area contributed by atoms with Crippen molar-refractivity contribution >= 4 is 11.8 Å². The highest BCUT2D eigenvalue weighted by atomic mass is 16.5. The van der Waals surface area contributed by atoms with Crippen LogP contribution in [0.25, 0.3) is 0 Å². The van der Waals surface area contributed by atoms with Crippen LogP contribution >= 0.6 is 0 Å². The predicted molar refractivity (Wildman–Crippen MR) is 115 cm³/mol. The van der Waals surface area contributed by atoms with Crippen molar-refractivity contribution < 1.29 is 19.4 Å². The van der Waals surface area contributed by atoms with E-state index in [1.807, 2.05) is 31.2 Å². The van der Waals surface area contributed by atoms with Crippen LogP contribution in [0.2, 0.25) is 0 Å². The summed E-state index contributed by atoms with van der Waals surface area (Å²) in [6.07, 6.45) is 4.29. The molecule has 0 aliphatic heterocycles. The van der Waals surface area contributed by atoms with E-state index >= 15 is 0 Å². The Hall–Kier alpha value is -2.59. The van der Waals surface area contributed by atoms with Crippen LogP contribution in [-0.2, 0) is 16.1 Å². The standard InChI is InChI=1S/C24H31N3O4/c1-23(6-7-25,31-14-15-4-3-5-19(10-15)30-2)21(26)27-20-17-8-16-9-18(20)13-24(11-16,12-17)22(28)29/h3-5,10,16-18,20H,6,8-9,11-14H2,1-2H3,(H2,26,27)(H,28,29). The highest BCUT2D eigenvalue weighted by Gasteiger charge is 2.59. The van der Waals surface area contributed by atoms with Gasteiger partial charge in [0.1, 0.15) is 17.2 Å². The van der Waals surface area contributed by atoms with Gasteiger partial charge in [-0.3, -0.25) is 9.79 Å². The van der Waals surface area contributed by atoms with E-state index in [0.717, 1.165) is 30.6 Å². The van der Waals surface area contributed by atoms with Crippen molar-refractivity contribution in [2.45, 2.75) is 63.7 Å². The normalized spacial score (nSPS) is 33.5. The maximum Gasteiger partial charge on any atom is 0.309 e. The molecule has 4 aliphatic carbocycles. The SMILES string of the molecule is COc1cccc(COC(C)(CC#N)C(N)=NC2C3CC4CC2CC(C(=O)O)(C4)C3)c1. The van der Waals surface area contributed by atoms with Gasteiger partial charge in [0.2, 0.25) is 0 Å². The largest absolute Gasteiger partial charge is 0.497 e. The molecule has 5 rings (SSSR count). The lowest BCUT2D eigenvalue weighted by Crippen LogP contribution is -2.56. The Labute approximate surface area is 183 Å². The minimum atomic E-state index is -1.00. The summed E-state index contributed by atoms with van der Waals surface area (Å²) >= 11 is 0. The molecule has 1 aromatic carbocycles. The first-order chi connectivity index (χ1) is 14.8. The molecule has 0 radical (unpaired) electrons. The van der Waals surface area contributed by atoms with Crippen molar-refractivity contribution in [1.29, 1.82) is 5.26 Å². The van der Waals surface area contributed by atoms with E-state index in [0.29, 0.717) is 24.6 Å². The van der Waals surface area contributed by atoms with Gasteiger partial charge < -0.3 is 20.3 Å². The van der Waals surface area contributed by atoms with Gasteiger partial charge in [0.05, 0.1) is 37.7 Å². The summed E-state index contributed by atoms with van der Waals surface area (Å²) in [5.41, 5.74) is 5.81. The first-order valence-electron chi connectivity index (χ1n) is 11.0. The lowest BCUT2D eigenvalue weighted by molar-refractivity contribution is -0.166. The van der Waals surface area contributed by atoms with E-state index in [1.54, 1.807) is 7.11 Å². The van der Waals surface area contributed by atoms with Gasteiger partial charge >= 0.3 is 5.97 Å². The number of aliphatic imine (C=N–C) groups is 1. The Bertz CT molecular complexity index is 908. The van der Waals surface area contributed by atoms with Crippen LogP contribution in [0.1, 0.15) is 51.0 Å². The molecule has 3 atom stereocenters. The molecule has 4 fully saturated rings. The molecule has 31 heavy (non-hydrogen) atoms. The molecule has 4 bridgehead atoms. The van der Waals surface area contributed by atoms with E-state index in [-0.39, 0.29) is 30.9 Å². The molecular weight excluding hydrogens is 394 g/mol. The molecule has 166 valence electrons. The first kappa shape index (κ1) is 21.6. The molecule has 4 saturated carbocycles. The van der Waals surface area contributed by atoms with Crippen LogP contribution in [-0.4, -0.2) is 35.7 Å². The van der Waals surface area contributed by atoms with Gasteiger partial charge in [-0.1, -0.05) is 12.1 Å². The number of benzene rings is 1. The summed E-state index contributed by atoms with van der Waals surface area (Å²) in [4.78, 5) is 16.9. The van der Waals surface area contributed by atoms with E-state index in [1.165, 1.54) is 0 Å². The molecule has 7 nitrogen and oxygen atoms in total. The van der Waals surface area contributed by atoms with E-state index < -0.39 is 17.0 Å². The minimum Gasteiger partial charge on any atom is -0.497 e. The fraction of sp³-hybridized carbons (Fsp3) is 0.625. The predicted octanol–water partition coefficient (Wildman–Crippen LogP) is 3.52. The van der Waals surface area contributed by atoms with Crippen molar-refractivity contribution in [3.63, 3.8) is 0 Å². The number of nitrogens with zero attached hydrogens (tertiary/aromatic N) is 2. The quantitative estimate of drug-likeness (QED) is 0.486. The molecule has 1 aromatic rings. The summed E-state index contributed by atoms with van der Waals surface area (Å²) in [5, 5.41) is 19.2. The van der Waals surface area contributed by atoms with Gasteiger partial charge in [-0.25, -0.2) is 0 Å². The number of amidine groups is 1. The molecule has 7 heteroatoms. The molecule has 0 amide bonds. The number of methoxy groups -OCH3 is 1. The Balaban J connectivity index is 1.52. The zero-order valence-electron chi connectivity index (χ0n) is 18.2. The zero-order chi connectivity index (χ0) is 22.2. The number of nitriles is 1. The van der Waals surface area contributed by atoms with Crippen molar-refractivity contribution in [2.24, 2.45) is 33.9 Å². The van der Waals surface area contributed by atoms with Gasteiger partial charge in [0.15, 0.2) is 0 Å². The van der Waals surface area contributed by atoms with Crippen LogP contribution in [0, 0.1) is 34.5 Å². The fourth-order valence-electron chi connectivity index (χ4n) is 6.14. The molecule has 4 aliphatic rings. The molecule has 0 heterocycles. The van der Waals surface area contributed by atoms with Gasteiger partial charge in [0.25, 0.3) is 0 Å². The third kappa shape index (κ3) is 4.01. The highest BCUT2D eigenvalue weighted by molar-refractivity contribution is 5.89. The van der Waals surface area contributed by atoms with Gasteiger partial charge in [-0.2, -0.15) is 5.26 Å². The smallest absolute Gasteiger partial charge is 0.309 e. The average Bonchev–Trinajstić information content (AvgIpc) is 2.74. The van der Waals surface area contributed by atoms with E-state index in [4.69, 9.17) is 20.2 Å². The van der Waals surface area contributed by atoms with Crippen molar-refractivity contribution in [3.05, 3.63) is 29.8 Å². The maximum absolute atomic E-state index is 12.0. The number of ether oxygens (including phenoxy) is 2. The Morgan fingerprint density at radius 2 is 2.06 bits per heavy atom. The highest BCUT2D eigenvalue weighted by Crippen LogP contribution is 2.61. The molecular formula is C24H31N3O4. The van der Waals surface area contributed by atoms with E-state index in [2.05, 4.69) is 6.07 Å². The number of rotatable bonds is 8. The summed E-state index contributed by atoms with van der Waals surface area (Å²) < 4.78 is 11.4. The van der Waals surface area contributed by atoms with Crippen LogP contribution in [0.5, 0.6) is 5.75 Å². The van der Waals surface area contributed by atoms with Crippen LogP contribution in [0.4, 0.5) is 0 Å². The second kappa shape index (κ2) is 8.16. The number of carboxylic acid groups (broad SMARTS) is 1. The second-order valence-electron chi connectivity index (χ2n) is 9.77. The number of carbonyl (C=O) groups is 1. The third-order valence-electron chi connectivity index (χ3n) is 7.62. The van der Waals surface area contributed by atoms with E-state index in [9.17, 15) is 15.2 Å². The molecule has 0 saturated heterocycles. The summed E-state index contributed by atoms with van der Waals surface area (Å²) in [6.45, 7) is 2.09. The topological polar surface area (TPSA) is 118 Å². The lowest BCUT2D eigenvalue weighted by Gasteiger charge is -2.57. The Morgan fingerprint density at radius 3 is 2.68 bits per heavy atom. The summed E-state index contributed by atoms with van der Waals surface area (Å²) in [5.74, 6) is 1.38. The third-order valence-corrected chi connectivity index (χ3v) is 7.62. The van der Waals surface area contributed by atoms with Gasteiger partial charge in [-0.05, 0) is 74.5 Å². The average molecular weight is 426 g/mol. The molecule has 0 aromatic heterocycles. The zero-order valence-corrected chi connectivity index (χ0v) is 18.2. The summed E-state index contributed by atoms with van der Waals surface area (Å²) in [7, 11) is 1.61. The Morgan fingerprint density at radius 1 is 1.35 bits per heavy atom. The number of aliphatic carboxylic acids is 1.